The molecule has 0 amide bonds. The van der Waals surface area contributed by atoms with Gasteiger partial charge in [-0.3, -0.25) is 0 Å². The van der Waals surface area contributed by atoms with E-state index in [0.29, 0.717) is 6.07 Å². The van der Waals surface area contributed by atoms with Crippen molar-refractivity contribution in [2.75, 3.05) is 7.05 Å². The summed E-state index contributed by atoms with van der Waals surface area (Å²) in [6.07, 6.45) is -2.76. The average Bonchev–Trinajstić information content (AvgIpc) is 2.14. The molecule has 0 bridgehead atoms. The molecule has 0 heterocycles. The second-order valence-electron chi connectivity index (χ2n) is 3.41. The van der Waals surface area contributed by atoms with Crippen LogP contribution in [-0.4, -0.2) is 13.5 Å². The molecule has 0 saturated carbocycles. The van der Waals surface area contributed by atoms with Crippen LogP contribution in [0.2, 0.25) is 0 Å². The first-order chi connectivity index (χ1) is 6.90. The molecule has 1 N–H and O–H groups in total. The van der Waals surface area contributed by atoms with Crippen LogP contribution in [0.3, 0.4) is 0 Å². The molecule has 0 aliphatic carbocycles. The highest BCUT2D eigenvalue weighted by atomic mass is 19.3. The smallest absolute Gasteiger partial charge is 0.260 e. The molecule has 0 aliphatic heterocycles. The molecule has 0 aromatic heterocycles. The number of hydrogen-bond acceptors (Lipinski definition) is 1. The molecule has 0 saturated heterocycles. The first-order valence-corrected chi connectivity index (χ1v) is 4.34. The average molecular weight is 221 g/mol. The Morgan fingerprint density at radius 3 is 1.93 bits per heavy atom. The van der Waals surface area contributed by atoms with Crippen LogP contribution >= 0.6 is 0 Å². The summed E-state index contributed by atoms with van der Waals surface area (Å²) in [4.78, 5) is 0. The van der Waals surface area contributed by atoms with Crippen molar-refractivity contribution in [3.63, 3.8) is 0 Å². The number of benzene rings is 1. The van der Waals surface area contributed by atoms with Gasteiger partial charge >= 0.3 is 0 Å². The van der Waals surface area contributed by atoms with Crippen molar-refractivity contribution < 1.29 is 17.6 Å². The topological polar surface area (TPSA) is 12.0 Å². The van der Waals surface area contributed by atoms with E-state index in [0.717, 1.165) is 12.1 Å². The summed E-state index contributed by atoms with van der Waals surface area (Å²) in [6, 6.07) is 2.43. The van der Waals surface area contributed by atoms with Gasteiger partial charge in [-0.2, -0.15) is 0 Å². The maximum absolute atomic E-state index is 12.8. The fourth-order valence-corrected chi connectivity index (χ4v) is 1.23. The lowest BCUT2D eigenvalue weighted by Crippen LogP contribution is -2.43. The van der Waals surface area contributed by atoms with Crippen LogP contribution in [0.1, 0.15) is 12.5 Å². The lowest BCUT2D eigenvalue weighted by atomic mass is 9.92. The van der Waals surface area contributed by atoms with Gasteiger partial charge in [0.15, 0.2) is 0 Å². The van der Waals surface area contributed by atoms with E-state index in [4.69, 9.17) is 0 Å². The van der Waals surface area contributed by atoms with E-state index in [1.807, 2.05) is 0 Å². The van der Waals surface area contributed by atoms with E-state index >= 15 is 0 Å². The zero-order valence-electron chi connectivity index (χ0n) is 8.32. The van der Waals surface area contributed by atoms with Crippen LogP contribution in [0.15, 0.2) is 18.2 Å². The van der Waals surface area contributed by atoms with E-state index < -0.39 is 23.6 Å². The molecule has 1 rings (SSSR count). The largest absolute Gasteiger partial charge is 0.306 e. The minimum absolute atomic E-state index is 0.113. The predicted octanol–water partition coefficient (Wildman–Crippen LogP) is 2.66. The lowest BCUT2D eigenvalue weighted by molar-refractivity contribution is 0.0428. The molecular weight excluding hydrogens is 210 g/mol. The van der Waals surface area contributed by atoms with E-state index in [2.05, 4.69) is 5.32 Å². The quantitative estimate of drug-likeness (QED) is 0.774. The second-order valence-corrected chi connectivity index (χ2v) is 3.41. The van der Waals surface area contributed by atoms with Gasteiger partial charge < -0.3 is 5.32 Å². The summed E-state index contributed by atoms with van der Waals surface area (Å²) >= 11 is 0. The minimum Gasteiger partial charge on any atom is -0.306 e. The van der Waals surface area contributed by atoms with Gasteiger partial charge in [0.05, 0.1) is 0 Å². The van der Waals surface area contributed by atoms with Crippen LogP contribution in [0.4, 0.5) is 17.6 Å². The Balaban J connectivity index is 3.23. The van der Waals surface area contributed by atoms with E-state index in [9.17, 15) is 17.6 Å². The lowest BCUT2D eigenvalue weighted by Gasteiger charge is -2.28. The molecule has 0 aliphatic rings. The van der Waals surface area contributed by atoms with Crippen molar-refractivity contribution in [2.45, 2.75) is 18.9 Å². The summed E-state index contributed by atoms with van der Waals surface area (Å²) in [6.45, 7) is 1.19. The maximum atomic E-state index is 12.8. The van der Waals surface area contributed by atoms with E-state index in [-0.39, 0.29) is 5.56 Å². The fourth-order valence-electron chi connectivity index (χ4n) is 1.23. The number of rotatable bonds is 3. The summed E-state index contributed by atoms with van der Waals surface area (Å²) in [7, 11) is 1.31. The van der Waals surface area contributed by atoms with Crippen LogP contribution < -0.4 is 5.32 Å². The Labute approximate surface area is 85.1 Å². The Kier molecular flexibility index (Phi) is 3.34. The summed E-state index contributed by atoms with van der Waals surface area (Å²) < 4.78 is 51.1. The molecule has 0 spiro atoms. The van der Waals surface area contributed by atoms with E-state index in [1.54, 1.807) is 0 Å². The predicted molar refractivity (Wildman–Crippen MR) is 48.8 cm³/mol. The van der Waals surface area contributed by atoms with Gasteiger partial charge in [0, 0.05) is 6.07 Å². The molecule has 0 radical (unpaired) electrons. The molecule has 1 aromatic carbocycles. The van der Waals surface area contributed by atoms with Gasteiger partial charge in [-0.25, -0.2) is 17.6 Å². The second kappa shape index (κ2) is 4.18. The van der Waals surface area contributed by atoms with Crippen molar-refractivity contribution in [1.29, 1.82) is 0 Å². The van der Waals surface area contributed by atoms with Crippen LogP contribution in [0.5, 0.6) is 0 Å². The van der Waals surface area contributed by atoms with Crippen molar-refractivity contribution >= 4 is 0 Å². The zero-order valence-corrected chi connectivity index (χ0v) is 8.32. The Morgan fingerprint density at radius 1 is 1.13 bits per heavy atom. The van der Waals surface area contributed by atoms with E-state index in [1.165, 1.54) is 14.0 Å². The van der Waals surface area contributed by atoms with Gasteiger partial charge in [0.1, 0.15) is 17.2 Å². The number of hydrogen-bond donors (Lipinski definition) is 1. The highest BCUT2D eigenvalue weighted by molar-refractivity contribution is 5.26. The fraction of sp³-hybridized carbons (Fsp3) is 0.400. The molecule has 84 valence electrons. The summed E-state index contributed by atoms with van der Waals surface area (Å²) in [5.74, 6) is -1.74. The summed E-state index contributed by atoms with van der Waals surface area (Å²) in [5.41, 5.74) is -1.86. The number of alkyl halides is 2. The monoisotopic (exact) mass is 221 g/mol. The molecule has 5 heteroatoms. The van der Waals surface area contributed by atoms with Crippen LogP contribution in [0.25, 0.3) is 0 Å². The third kappa shape index (κ3) is 2.28. The first-order valence-electron chi connectivity index (χ1n) is 4.34. The van der Waals surface area contributed by atoms with Gasteiger partial charge in [-0.05, 0) is 31.7 Å². The highest BCUT2D eigenvalue weighted by Crippen LogP contribution is 2.28. The highest BCUT2D eigenvalue weighted by Gasteiger charge is 2.35. The molecule has 1 aromatic rings. The van der Waals surface area contributed by atoms with Gasteiger partial charge in [0.2, 0.25) is 0 Å². The molecule has 0 fully saturated rings. The minimum atomic E-state index is -2.76. The number of halogens is 4. The number of nitrogens with one attached hydrogen (secondary N) is 1. The molecule has 1 atom stereocenters. The van der Waals surface area contributed by atoms with Crippen molar-refractivity contribution in [1.82, 2.24) is 5.32 Å². The Morgan fingerprint density at radius 2 is 1.60 bits per heavy atom. The summed E-state index contributed by atoms with van der Waals surface area (Å²) in [5, 5.41) is 2.37. The van der Waals surface area contributed by atoms with Crippen molar-refractivity contribution in [3.05, 3.63) is 35.4 Å². The SMILES string of the molecule is CNC(C)(c1cc(F)cc(F)c1)C(F)F. The first kappa shape index (κ1) is 12.0. The van der Waals surface area contributed by atoms with Gasteiger partial charge in [-0.1, -0.05) is 0 Å². The van der Waals surface area contributed by atoms with Crippen LogP contribution in [-0.2, 0) is 5.54 Å². The van der Waals surface area contributed by atoms with Crippen molar-refractivity contribution in [3.8, 4) is 0 Å². The molecule has 1 unspecified atom stereocenters. The molecular formula is C10H11F4N. The maximum Gasteiger partial charge on any atom is 0.260 e. The van der Waals surface area contributed by atoms with Gasteiger partial charge in [-0.15, -0.1) is 0 Å². The third-order valence-corrected chi connectivity index (χ3v) is 2.42. The Hall–Kier alpha value is -1.10. The normalized spacial score (nSPS) is 15.4. The van der Waals surface area contributed by atoms with Crippen molar-refractivity contribution in [2.24, 2.45) is 0 Å². The molecule has 15 heavy (non-hydrogen) atoms. The standard InChI is InChI=1S/C10H11F4N/c1-10(15-2,9(13)14)6-3-7(11)5-8(12)4-6/h3-5,9,15H,1-2H3. The molecule has 1 nitrogen and oxygen atoms in total. The third-order valence-electron chi connectivity index (χ3n) is 2.42. The Bertz CT molecular complexity index is 333. The van der Waals surface area contributed by atoms with Crippen LogP contribution in [0, 0.1) is 11.6 Å². The zero-order chi connectivity index (χ0) is 11.6. The van der Waals surface area contributed by atoms with Gasteiger partial charge in [0.25, 0.3) is 6.43 Å².